The molecule has 0 unspecified atom stereocenters. The van der Waals surface area contributed by atoms with E-state index in [9.17, 15) is 22.4 Å². The van der Waals surface area contributed by atoms with Crippen molar-refractivity contribution in [1.29, 1.82) is 0 Å². The zero-order valence-corrected chi connectivity index (χ0v) is 12.2. The highest BCUT2D eigenvalue weighted by Crippen LogP contribution is 2.26. The van der Waals surface area contributed by atoms with Crippen molar-refractivity contribution in [3.05, 3.63) is 41.5 Å². The molecular weight excluding hydrogens is 330 g/mol. The van der Waals surface area contributed by atoms with E-state index >= 15 is 0 Å². The van der Waals surface area contributed by atoms with E-state index in [2.05, 4.69) is 20.0 Å². The molecule has 1 aromatic heterocycles. The van der Waals surface area contributed by atoms with E-state index in [0.29, 0.717) is 19.0 Å². The van der Waals surface area contributed by atoms with E-state index in [1.165, 1.54) is 6.07 Å². The third-order valence-corrected chi connectivity index (χ3v) is 3.43. The maximum Gasteiger partial charge on any atom is 0.491 e. The SMILES string of the molecule is O=C(Oc1ccc(-c2ncc3c(n2)CCNC3)c(F)c1)C(F)(F)F. The molecule has 1 aromatic carbocycles. The van der Waals surface area contributed by atoms with Crippen LogP contribution in [-0.2, 0) is 17.8 Å². The van der Waals surface area contributed by atoms with Gasteiger partial charge in [0.1, 0.15) is 11.6 Å². The van der Waals surface area contributed by atoms with Gasteiger partial charge in [-0.2, -0.15) is 13.2 Å². The van der Waals surface area contributed by atoms with Crippen LogP contribution in [0.5, 0.6) is 5.75 Å². The first-order valence-electron chi connectivity index (χ1n) is 6.99. The fraction of sp³-hybridized carbons (Fsp3) is 0.267. The number of carbonyl (C=O) groups excluding carboxylic acids is 1. The topological polar surface area (TPSA) is 64.1 Å². The average molecular weight is 341 g/mol. The molecule has 5 nitrogen and oxygen atoms in total. The monoisotopic (exact) mass is 341 g/mol. The Labute approximate surface area is 133 Å². The van der Waals surface area contributed by atoms with Crippen molar-refractivity contribution in [2.45, 2.75) is 19.1 Å². The normalized spacial score (nSPS) is 14.2. The number of hydrogen-bond donors (Lipinski definition) is 1. The highest BCUT2D eigenvalue weighted by molar-refractivity contribution is 5.78. The molecule has 1 aliphatic rings. The minimum atomic E-state index is -5.15. The largest absolute Gasteiger partial charge is 0.491 e. The highest BCUT2D eigenvalue weighted by Gasteiger charge is 2.41. The molecule has 3 rings (SSSR count). The highest BCUT2D eigenvalue weighted by atomic mass is 19.4. The number of esters is 1. The molecule has 9 heteroatoms. The van der Waals surface area contributed by atoms with Gasteiger partial charge in [0.15, 0.2) is 5.82 Å². The van der Waals surface area contributed by atoms with E-state index in [1.54, 1.807) is 6.20 Å². The minimum absolute atomic E-state index is 0.0168. The maximum absolute atomic E-state index is 14.1. The van der Waals surface area contributed by atoms with Gasteiger partial charge in [-0.15, -0.1) is 0 Å². The van der Waals surface area contributed by atoms with E-state index in [4.69, 9.17) is 0 Å². The summed E-state index contributed by atoms with van der Waals surface area (Å²) in [5, 5.41) is 3.15. The van der Waals surface area contributed by atoms with Crippen molar-refractivity contribution in [3.63, 3.8) is 0 Å². The van der Waals surface area contributed by atoms with Crippen LogP contribution in [0.2, 0.25) is 0 Å². The van der Waals surface area contributed by atoms with Gasteiger partial charge in [-0.1, -0.05) is 0 Å². The molecule has 1 aliphatic heterocycles. The number of alkyl halides is 3. The zero-order valence-electron chi connectivity index (χ0n) is 12.2. The van der Waals surface area contributed by atoms with Gasteiger partial charge in [-0.25, -0.2) is 19.2 Å². The molecule has 0 amide bonds. The number of aromatic nitrogens is 2. The Bertz CT molecular complexity index is 793. The van der Waals surface area contributed by atoms with Crippen LogP contribution < -0.4 is 10.1 Å². The van der Waals surface area contributed by atoms with Gasteiger partial charge in [0.05, 0.1) is 11.3 Å². The Balaban J connectivity index is 1.86. The molecule has 0 aliphatic carbocycles. The summed E-state index contributed by atoms with van der Waals surface area (Å²) in [7, 11) is 0. The lowest BCUT2D eigenvalue weighted by Gasteiger charge is -2.16. The van der Waals surface area contributed by atoms with Crippen LogP contribution in [0.1, 0.15) is 11.3 Å². The third kappa shape index (κ3) is 3.35. The number of ether oxygens (including phenoxy) is 1. The van der Waals surface area contributed by atoms with Crippen molar-refractivity contribution in [1.82, 2.24) is 15.3 Å². The maximum atomic E-state index is 14.1. The van der Waals surface area contributed by atoms with Crippen molar-refractivity contribution in [2.24, 2.45) is 0 Å². The predicted molar refractivity (Wildman–Crippen MR) is 74.5 cm³/mol. The minimum Gasteiger partial charge on any atom is -0.420 e. The first-order chi connectivity index (χ1) is 11.3. The molecule has 2 heterocycles. The molecule has 2 aromatic rings. The third-order valence-electron chi connectivity index (χ3n) is 3.43. The van der Waals surface area contributed by atoms with Gasteiger partial charge in [-0.05, 0) is 12.1 Å². The van der Waals surface area contributed by atoms with Crippen LogP contribution in [-0.4, -0.2) is 28.7 Å². The first-order valence-corrected chi connectivity index (χ1v) is 6.99. The molecule has 0 fully saturated rings. The molecular formula is C15H11F4N3O2. The van der Waals surface area contributed by atoms with E-state index in [0.717, 1.165) is 23.9 Å². The van der Waals surface area contributed by atoms with Crippen molar-refractivity contribution in [2.75, 3.05) is 6.54 Å². The lowest BCUT2D eigenvalue weighted by atomic mass is 10.1. The van der Waals surface area contributed by atoms with Gasteiger partial charge in [0.25, 0.3) is 0 Å². The molecule has 0 atom stereocenters. The number of benzene rings is 1. The number of nitrogens with zero attached hydrogens (tertiary/aromatic N) is 2. The van der Waals surface area contributed by atoms with Crippen molar-refractivity contribution >= 4 is 5.97 Å². The second-order valence-corrected chi connectivity index (χ2v) is 5.12. The number of halogens is 4. The van der Waals surface area contributed by atoms with E-state index in [-0.39, 0.29) is 11.4 Å². The molecule has 0 spiro atoms. The van der Waals surface area contributed by atoms with Gasteiger partial charge in [0, 0.05) is 37.3 Å². The summed E-state index contributed by atoms with van der Waals surface area (Å²) in [4.78, 5) is 19.1. The Morgan fingerprint density at radius 3 is 2.79 bits per heavy atom. The Hall–Kier alpha value is -2.55. The quantitative estimate of drug-likeness (QED) is 0.516. The summed E-state index contributed by atoms with van der Waals surface area (Å²) in [5.74, 6) is -3.70. The van der Waals surface area contributed by atoms with Crippen LogP contribution in [0.4, 0.5) is 17.6 Å². The number of fused-ring (bicyclic) bond motifs is 1. The Kier molecular flexibility index (Phi) is 4.18. The van der Waals surface area contributed by atoms with Crippen LogP contribution in [0.25, 0.3) is 11.4 Å². The molecule has 126 valence electrons. The van der Waals surface area contributed by atoms with Gasteiger partial charge < -0.3 is 10.1 Å². The smallest absolute Gasteiger partial charge is 0.420 e. The Morgan fingerprint density at radius 1 is 1.29 bits per heavy atom. The van der Waals surface area contributed by atoms with Crippen LogP contribution in [0.15, 0.2) is 24.4 Å². The summed E-state index contributed by atoms with van der Waals surface area (Å²) < 4.78 is 54.7. The molecule has 1 N–H and O–H groups in total. The standard InChI is InChI=1S/C15H11F4N3O2/c16-11-5-9(24-14(23)15(17,18)19)1-2-10(11)13-21-7-8-6-20-4-3-12(8)22-13/h1-2,5,7,20H,3-4,6H2. The summed E-state index contributed by atoms with van der Waals surface area (Å²) in [6.45, 7) is 1.38. The lowest BCUT2D eigenvalue weighted by Crippen LogP contribution is -2.28. The number of rotatable bonds is 2. The first kappa shape index (κ1) is 16.3. The summed E-state index contributed by atoms with van der Waals surface area (Å²) in [6.07, 6.45) is -2.89. The van der Waals surface area contributed by atoms with Crippen LogP contribution >= 0.6 is 0 Å². The number of nitrogens with one attached hydrogen (secondary N) is 1. The second-order valence-electron chi connectivity index (χ2n) is 5.12. The second kappa shape index (κ2) is 6.16. The van der Waals surface area contributed by atoms with Gasteiger partial charge in [-0.3, -0.25) is 0 Å². The Morgan fingerprint density at radius 2 is 2.08 bits per heavy atom. The summed E-state index contributed by atoms with van der Waals surface area (Å²) in [6, 6.07) is 2.94. The summed E-state index contributed by atoms with van der Waals surface area (Å²) in [5.41, 5.74) is 1.73. The van der Waals surface area contributed by atoms with Crippen LogP contribution in [0.3, 0.4) is 0 Å². The fourth-order valence-corrected chi connectivity index (χ4v) is 2.27. The molecule has 24 heavy (non-hydrogen) atoms. The number of hydrogen-bond acceptors (Lipinski definition) is 5. The van der Waals surface area contributed by atoms with Crippen molar-refractivity contribution in [3.8, 4) is 17.1 Å². The fourth-order valence-electron chi connectivity index (χ4n) is 2.27. The molecule has 0 bridgehead atoms. The molecule has 0 saturated carbocycles. The van der Waals surface area contributed by atoms with Gasteiger partial charge in [0.2, 0.25) is 0 Å². The number of carbonyl (C=O) groups is 1. The van der Waals surface area contributed by atoms with Crippen molar-refractivity contribution < 1.29 is 27.1 Å². The molecule has 0 radical (unpaired) electrons. The van der Waals surface area contributed by atoms with Gasteiger partial charge >= 0.3 is 12.1 Å². The van der Waals surface area contributed by atoms with E-state index < -0.39 is 23.7 Å². The lowest BCUT2D eigenvalue weighted by molar-refractivity contribution is -0.189. The zero-order chi connectivity index (χ0) is 17.3. The van der Waals surface area contributed by atoms with Crippen LogP contribution in [0, 0.1) is 5.82 Å². The molecule has 0 saturated heterocycles. The predicted octanol–water partition coefficient (Wildman–Crippen LogP) is 2.40. The van der Waals surface area contributed by atoms with E-state index in [1.807, 2.05) is 0 Å². The summed E-state index contributed by atoms with van der Waals surface area (Å²) >= 11 is 0. The average Bonchev–Trinajstić information content (AvgIpc) is 2.53.